The van der Waals surface area contributed by atoms with Crippen molar-refractivity contribution in [1.82, 2.24) is 0 Å². The highest BCUT2D eigenvalue weighted by molar-refractivity contribution is 5.66. The molecule has 0 radical (unpaired) electrons. The Kier molecular flexibility index (Phi) is 6.98. The third-order valence-electron chi connectivity index (χ3n) is 11.3. The zero-order valence-corrected chi connectivity index (χ0v) is 22.8. The molecule has 0 unspecified atom stereocenters. The number of rotatable bonds is 5. The van der Waals surface area contributed by atoms with E-state index in [9.17, 15) is 4.79 Å². The Morgan fingerprint density at radius 1 is 1.03 bits per heavy atom. The lowest BCUT2D eigenvalue weighted by Crippen LogP contribution is -2.49. The number of hydrogen-bond acceptors (Lipinski definition) is 2. The number of allylic oxidation sites excluding steroid dienone is 3. The highest BCUT2D eigenvalue weighted by Crippen LogP contribution is 2.66. The van der Waals surface area contributed by atoms with Gasteiger partial charge in [0.2, 0.25) is 0 Å². The molecule has 0 N–H and O–H groups in total. The summed E-state index contributed by atoms with van der Waals surface area (Å²) < 4.78 is 5.62. The Labute approximate surface area is 204 Å². The molecule has 0 aromatic carbocycles. The van der Waals surface area contributed by atoms with Gasteiger partial charge < -0.3 is 4.74 Å². The van der Waals surface area contributed by atoms with Gasteiger partial charge in [0.15, 0.2) is 0 Å². The molecule has 0 aromatic heterocycles. The maximum atomic E-state index is 11.5. The van der Waals surface area contributed by atoms with Crippen molar-refractivity contribution < 1.29 is 9.53 Å². The van der Waals surface area contributed by atoms with Crippen molar-refractivity contribution in [3.8, 4) is 0 Å². The van der Waals surface area contributed by atoms with Gasteiger partial charge >= 0.3 is 5.97 Å². The van der Waals surface area contributed by atoms with Crippen LogP contribution in [0.4, 0.5) is 0 Å². The van der Waals surface area contributed by atoms with Crippen molar-refractivity contribution in [3.63, 3.8) is 0 Å². The van der Waals surface area contributed by atoms with Crippen LogP contribution < -0.4 is 0 Å². The van der Waals surface area contributed by atoms with E-state index in [1.54, 1.807) is 18.1 Å². The van der Waals surface area contributed by atoms with E-state index < -0.39 is 0 Å². The van der Waals surface area contributed by atoms with E-state index in [4.69, 9.17) is 4.74 Å². The van der Waals surface area contributed by atoms with Crippen LogP contribution in [0.1, 0.15) is 113 Å². The normalized spacial score (nSPS) is 41.4. The second-order valence-electron chi connectivity index (χ2n) is 13.3. The summed E-state index contributed by atoms with van der Waals surface area (Å²) in [6.45, 7) is 18.9. The van der Waals surface area contributed by atoms with Gasteiger partial charge in [0.25, 0.3) is 0 Å². The average Bonchev–Trinajstić information content (AvgIpc) is 3.10. The molecule has 0 amide bonds. The molecule has 4 aliphatic rings. The Morgan fingerprint density at radius 2 is 1.70 bits per heavy atom. The Hall–Kier alpha value is -1.05. The molecule has 2 heteroatoms. The molecule has 8 atom stereocenters. The van der Waals surface area contributed by atoms with Crippen LogP contribution in [-0.4, -0.2) is 12.1 Å². The van der Waals surface area contributed by atoms with Crippen LogP contribution in [-0.2, 0) is 9.53 Å². The van der Waals surface area contributed by atoms with Crippen molar-refractivity contribution in [2.75, 3.05) is 0 Å². The molecule has 0 heterocycles. The molecule has 0 bridgehead atoms. The monoisotopic (exact) mass is 454 g/mol. The molecule has 0 aliphatic heterocycles. The van der Waals surface area contributed by atoms with Gasteiger partial charge in [-0.2, -0.15) is 0 Å². The minimum absolute atomic E-state index is 0.103. The lowest BCUT2D eigenvalue weighted by atomic mass is 9.47. The molecular formula is C31H50O2. The first-order valence-corrected chi connectivity index (χ1v) is 14.0. The molecule has 4 rings (SSSR count). The smallest absolute Gasteiger partial charge is 0.302 e. The van der Waals surface area contributed by atoms with E-state index in [0.717, 1.165) is 48.3 Å². The molecule has 2 nitrogen and oxygen atoms in total. The number of carbonyl (C=O) groups is 1. The minimum atomic E-state index is -0.121. The fourth-order valence-corrected chi connectivity index (χ4v) is 8.93. The van der Waals surface area contributed by atoms with Crippen molar-refractivity contribution in [3.05, 3.63) is 22.8 Å². The molecular weight excluding hydrogens is 404 g/mol. The van der Waals surface area contributed by atoms with Crippen LogP contribution in [0.5, 0.6) is 0 Å². The van der Waals surface area contributed by atoms with E-state index in [2.05, 4.69) is 54.5 Å². The summed E-state index contributed by atoms with van der Waals surface area (Å²) in [6, 6.07) is 0. The fraction of sp³-hybridized carbons (Fsp3) is 0.839. The summed E-state index contributed by atoms with van der Waals surface area (Å²) >= 11 is 0. The molecule has 186 valence electrons. The Bertz CT molecular complexity index is 819. The van der Waals surface area contributed by atoms with Crippen LogP contribution in [0.15, 0.2) is 22.8 Å². The second kappa shape index (κ2) is 9.19. The van der Waals surface area contributed by atoms with Gasteiger partial charge in [-0.3, -0.25) is 4.79 Å². The zero-order chi connectivity index (χ0) is 24.1. The van der Waals surface area contributed by atoms with E-state index in [1.807, 2.05) is 5.57 Å². The molecule has 33 heavy (non-hydrogen) atoms. The maximum absolute atomic E-state index is 11.5. The van der Waals surface area contributed by atoms with Crippen molar-refractivity contribution in [2.45, 2.75) is 119 Å². The number of carbonyl (C=O) groups excluding carboxylic acids is 1. The first-order chi connectivity index (χ1) is 15.5. The predicted octanol–water partition coefficient (Wildman–Crippen LogP) is 8.52. The van der Waals surface area contributed by atoms with Crippen LogP contribution in [0.2, 0.25) is 0 Å². The lowest BCUT2D eigenvalue weighted by molar-refractivity contribution is -0.148. The molecule has 0 aromatic rings. The summed E-state index contributed by atoms with van der Waals surface area (Å²) in [5.74, 6) is 4.69. The van der Waals surface area contributed by atoms with E-state index in [1.165, 1.54) is 44.9 Å². The van der Waals surface area contributed by atoms with Gasteiger partial charge in [-0.15, -0.1) is 0 Å². The topological polar surface area (TPSA) is 26.3 Å². The van der Waals surface area contributed by atoms with Crippen molar-refractivity contribution in [2.24, 2.45) is 46.3 Å². The summed E-state index contributed by atoms with van der Waals surface area (Å²) in [5, 5.41) is 0. The van der Waals surface area contributed by atoms with E-state index in [0.29, 0.717) is 10.8 Å². The van der Waals surface area contributed by atoms with Crippen molar-refractivity contribution >= 4 is 5.97 Å². The lowest BCUT2D eigenvalue weighted by Gasteiger charge is -2.57. The third-order valence-corrected chi connectivity index (χ3v) is 11.3. The highest BCUT2D eigenvalue weighted by atomic mass is 16.5. The van der Waals surface area contributed by atoms with Gasteiger partial charge in [-0.05, 0) is 105 Å². The number of hydrogen-bond donors (Lipinski definition) is 0. The van der Waals surface area contributed by atoms with Crippen LogP contribution >= 0.6 is 0 Å². The molecule has 4 aliphatic carbocycles. The molecule has 0 saturated heterocycles. The van der Waals surface area contributed by atoms with Crippen LogP contribution in [0.25, 0.3) is 0 Å². The maximum Gasteiger partial charge on any atom is 0.302 e. The zero-order valence-electron chi connectivity index (χ0n) is 22.8. The summed E-state index contributed by atoms with van der Waals surface area (Å²) in [7, 11) is 0. The average molecular weight is 455 g/mol. The minimum Gasteiger partial charge on any atom is -0.462 e. The van der Waals surface area contributed by atoms with Gasteiger partial charge in [0.05, 0.1) is 0 Å². The SMILES string of the molecule is CC(=O)O[C@H]1CC[C@@]2(C)C(=CC[C@@H]3[C@@H]2CC[C@]2(C)/C(=C(\C)C[C@@H](C)[C@@H](C)C(C)C)CC[C@@H]32)C1. The Balaban J connectivity index is 1.53. The van der Waals surface area contributed by atoms with E-state index in [-0.39, 0.29) is 12.1 Å². The van der Waals surface area contributed by atoms with E-state index >= 15 is 0 Å². The van der Waals surface area contributed by atoms with Gasteiger partial charge in [0.1, 0.15) is 6.10 Å². The largest absolute Gasteiger partial charge is 0.462 e. The fourth-order valence-electron chi connectivity index (χ4n) is 8.93. The van der Waals surface area contributed by atoms with Gasteiger partial charge in [0, 0.05) is 13.3 Å². The number of ether oxygens (including phenoxy) is 1. The summed E-state index contributed by atoms with van der Waals surface area (Å²) in [6.07, 6.45) is 13.9. The standard InChI is InChI=1S/C31H50O2/c1-19(2)22(5)20(3)17-21(4)27-11-12-28-26-10-9-24-18-25(33-23(6)32)13-15-30(24,7)29(26)14-16-31(27,28)8/h9,19-20,22,25-26,28-29H,10-18H2,1-8H3/b27-21+/t20-,22+,25+,26+,28+,29+,30+,31-/m1/s1. The third kappa shape index (κ3) is 4.38. The second-order valence-corrected chi connectivity index (χ2v) is 13.3. The summed E-state index contributed by atoms with van der Waals surface area (Å²) in [5.41, 5.74) is 5.91. The summed E-state index contributed by atoms with van der Waals surface area (Å²) in [4.78, 5) is 11.5. The molecule has 3 fully saturated rings. The van der Waals surface area contributed by atoms with Crippen LogP contribution in [0.3, 0.4) is 0 Å². The highest BCUT2D eigenvalue weighted by Gasteiger charge is 2.57. The number of esters is 1. The molecule has 3 saturated carbocycles. The number of fused-ring (bicyclic) bond motifs is 5. The molecule has 0 spiro atoms. The first-order valence-electron chi connectivity index (χ1n) is 14.0. The Morgan fingerprint density at radius 3 is 2.36 bits per heavy atom. The quantitative estimate of drug-likeness (QED) is 0.307. The first kappa shape index (κ1) is 25.1. The van der Waals surface area contributed by atoms with Gasteiger partial charge in [-0.25, -0.2) is 0 Å². The van der Waals surface area contributed by atoms with Crippen molar-refractivity contribution in [1.29, 1.82) is 0 Å². The predicted molar refractivity (Wildman–Crippen MR) is 138 cm³/mol. The van der Waals surface area contributed by atoms with Gasteiger partial charge in [-0.1, -0.05) is 64.3 Å². The van der Waals surface area contributed by atoms with Crippen LogP contribution in [0, 0.1) is 46.3 Å².